The van der Waals surface area contributed by atoms with E-state index in [0.29, 0.717) is 26.1 Å². The number of likely N-dealkylation sites (tertiary alicyclic amines) is 1. The summed E-state index contributed by atoms with van der Waals surface area (Å²) in [7, 11) is 0. The number of aryl methyl sites for hydroxylation is 2. The molecule has 1 aliphatic rings. The maximum absolute atomic E-state index is 12.4. The van der Waals surface area contributed by atoms with Crippen LogP contribution in [0.4, 0.5) is 0 Å². The molecule has 0 saturated carbocycles. The van der Waals surface area contributed by atoms with Crippen LogP contribution in [0.3, 0.4) is 0 Å². The lowest BCUT2D eigenvalue weighted by atomic mass is 10.0. The summed E-state index contributed by atoms with van der Waals surface area (Å²) in [6.07, 6.45) is 0.555. The Labute approximate surface area is 129 Å². The Morgan fingerprint density at radius 2 is 2.05 bits per heavy atom. The monoisotopic (exact) mass is 302 g/mol. The third-order valence-electron chi connectivity index (χ3n) is 4.56. The minimum Gasteiger partial charge on any atom is -0.393 e. The van der Waals surface area contributed by atoms with Crippen LogP contribution in [0.15, 0.2) is 23.0 Å². The number of nitrogens with one attached hydrogen (secondary N) is 1. The molecule has 118 valence electrons. The zero-order valence-electron chi connectivity index (χ0n) is 13.0. The molecule has 0 amide bonds. The number of nitrogens with zero attached hydrogens (tertiary/aromatic N) is 1. The van der Waals surface area contributed by atoms with E-state index in [1.165, 1.54) is 0 Å². The van der Waals surface area contributed by atoms with Crippen LogP contribution >= 0.6 is 0 Å². The molecule has 0 unspecified atom stereocenters. The van der Waals surface area contributed by atoms with Crippen molar-refractivity contribution in [3.05, 3.63) is 45.2 Å². The molecule has 1 aromatic carbocycles. The van der Waals surface area contributed by atoms with Crippen molar-refractivity contribution in [1.82, 2.24) is 9.88 Å². The molecule has 3 rings (SSSR count). The molecule has 1 aliphatic heterocycles. The number of aromatic nitrogens is 1. The summed E-state index contributed by atoms with van der Waals surface area (Å²) in [4.78, 5) is 17.8. The highest BCUT2D eigenvalue weighted by Gasteiger charge is 2.35. The number of aliphatic hydroxyl groups excluding tert-OH is 1. The predicted octanol–water partition coefficient (Wildman–Crippen LogP) is 1.07. The average Bonchev–Trinajstić information content (AvgIpc) is 2.85. The summed E-state index contributed by atoms with van der Waals surface area (Å²) < 4.78 is 0. The fourth-order valence-corrected chi connectivity index (χ4v) is 3.25. The number of H-pyrrole nitrogens is 1. The van der Waals surface area contributed by atoms with Crippen LogP contribution in [-0.4, -0.2) is 45.4 Å². The molecule has 2 aromatic rings. The smallest absolute Gasteiger partial charge is 0.189 e. The van der Waals surface area contributed by atoms with Gasteiger partial charge in [0.05, 0.1) is 12.1 Å². The highest BCUT2D eigenvalue weighted by Crippen LogP contribution is 2.23. The van der Waals surface area contributed by atoms with Crippen LogP contribution in [0.1, 0.15) is 23.2 Å². The van der Waals surface area contributed by atoms with Crippen molar-refractivity contribution in [3.8, 4) is 0 Å². The maximum atomic E-state index is 12.4. The van der Waals surface area contributed by atoms with E-state index in [4.69, 9.17) is 0 Å². The van der Waals surface area contributed by atoms with Crippen molar-refractivity contribution in [2.24, 2.45) is 0 Å². The number of hydrogen-bond donors (Lipinski definition) is 3. The van der Waals surface area contributed by atoms with Gasteiger partial charge in [-0.15, -0.1) is 0 Å². The van der Waals surface area contributed by atoms with E-state index in [0.717, 1.165) is 27.7 Å². The van der Waals surface area contributed by atoms with Gasteiger partial charge < -0.3 is 15.2 Å². The minimum absolute atomic E-state index is 0.0292. The first kappa shape index (κ1) is 15.2. The summed E-state index contributed by atoms with van der Waals surface area (Å²) in [5, 5.41) is 20.1. The standard InChI is InChI=1S/C17H22N2O3/c1-11-3-4-12(2)16-15(11)14(21)7-13(18-16)8-19-6-5-17(22,9-19)10-20/h3-4,7,20,22H,5-6,8-10H2,1-2H3,(H,18,21)/t17-/m0/s1. The molecule has 2 heterocycles. The molecular formula is C17H22N2O3. The molecule has 5 heteroatoms. The number of rotatable bonds is 3. The lowest BCUT2D eigenvalue weighted by Crippen LogP contribution is -2.36. The Bertz CT molecular complexity index is 768. The molecule has 3 N–H and O–H groups in total. The first-order valence-electron chi connectivity index (χ1n) is 7.59. The highest BCUT2D eigenvalue weighted by molar-refractivity contribution is 5.84. The molecule has 0 bridgehead atoms. The van der Waals surface area contributed by atoms with E-state index < -0.39 is 5.60 Å². The zero-order valence-corrected chi connectivity index (χ0v) is 13.0. The minimum atomic E-state index is -1.01. The van der Waals surface area contributed by atoms with Gasteiger partial charge in [-0.3, -0.25) is 9.69 Å². The van der Waals surface area contributed by atoms with Gasteiger partial charge in [0.25, 0.3) is 0 Å². The molecular weight excluding hydrogens is 280 g/mol. The number of aliphatic hydroxyl groups is 2. The van der Waals surface area contributed by atoms with Crippen molar-refractivity contribution in [3.63, 3.8) is 0 Å². The van der Waals surface area contributed by atoms with Gasteiger partial charge in [-0.2, -0.15) is 0 Å². The van der Waals surface area contributed by atoms with Gasteiger partial charge in [-0.05, 0) is 31.4 Å². The van der Waals surface area contributed by atoms with Crippen LogP contribution in [0.25, 0.3) is 10.9 Å². The number of fused-ring (bicyclic) bond motifs is 1. The number of aromatic amines is 1. The third kappa shape index (κ3) is 2.67. The molecule has 22 heavy (non-hydrogen) atoms. The molecule has 0 spiro atoms. The van der Waals surface area contributed by atoms with Gasteiger partial charge in [0, 0.05) is 36.8 Å². The topological polar surface area (TPSA) is 76.6 Å². The van der Waals surface area contributed by atoms with Crippen LogP contribution in [-0.2, 0) is 6.54 Å². The Morgan fingerprint density at radius 3 is 2.73 bits per heavy atom. The fourth-order valence-electron chi connectivity index (χ4n) is 3.25. The van der Waals surface area contributed by atoms with Gasteiger partial charge >= 0.3 is 0 Å². The number of β-amino-alcohol motifs (C(OH)–C–C–N with tert-alkyl or cyclic N) is 1. The van der Waals surface area contributed by atoms with Crippen molar-refractivity contribution in [2.45, 2.75) is 32.4 Å². The van der Waals surface area contributed by atoms with Crippen molar-refractivity contribution in [2.75, 3.05) is 19.7 Å². The molecule has 0 aliphatic carbocycles. The van der Waals surface area contributed by atoms with E-state index >= 15 is 0 Å². The van der Waals surface area contributed by atoms with Crippen LogP contribution in [0, 0.1) is 13.8 Å². The molecule has 0 radical (unpaired) electrons. The second-order valence-corrected chi connectivity index (χ2v) is 6.45. The molecule has 5 nitrogen and oxygen atoms in total. The van der Waals surface area contributed by atoms with Crippen LogP contribution in [0.5, 0.6) is 0 Å². The van der Waals surface area contributed by atoms with Gasteiger partial charge in [0.15, 0.2) is 5.43 Å². The Kier molecular flexibility index (Phi) is 3.80. The van der Waals surface area contributed by atoms with E-state index in [2.05, 4.69) is 9.88 Å². The average molecular weight is 302 g/mol. The summed E-state index contributed by atoms with van der Waals surface area (Å²) >= 11 is 0. The highest BCUT2D eigenvalue weighted by atomic mass is 16.3. The second-order valence-electron chi connectivity index (χ2n) is 6.45. The SMILES string of the molecule is Cc1ccc(C)c2c(=O)cc(CN3CC[C@@](O)(CO)C3)[nH]c12. The molecule has 1 saturated heterocycles. The van der Waals surface area contributed by atoms with E-state index in [-0.39, 0.29) is 12.0 Å². The lowest BCUT2D eigenvalue weighted by molar-refractivity contribution is -0.00587. The van der Waals surface area contributed by atoms with Crippen LogP contribution < -0.4 is 5.43 Å². The molecule has 1 atom stereocenters. The first-order valence-corrected chi connectivity index (χ1v) is 7.59. The van der Waals surface area contributed by atoms with E-state index in [1.54, 1.807) is 6.07 Å². The normalized spacial score (nSPS) is 22.5. The predicted molar refractivity (Wildman–Crippen MR) is 86.0 cm³/mol. The van der Waals surface area contributed by atoms with E-state index in [1.807, 2.05) is 26.0 Å². The second kappa shape index (κ2) is 5.50. The maximum Gasteiger partial charge on any atom is 0.189 e. The number of pyridine rings is 1. The first-order chi connectivity index (χ1) is 10.4. The number of hydrogen-bond acceptors (Lipinski definition) is 4. The summed E-state index contributed by atoms with van der Waals surface area (Å²) in [5.74, 6) is 0. The van der Waals surface area contributed by atoms with Crippen molar-refractivity contribution in [1.29, 1.82) is 0 Å². The quantitative estimate of drug-likeness (QED) is 0.793. The lowest BCUT2D eigenvalue weighted by Gasteiger charge is -2.21. The van der Waals surface area contributed by atoms with Gasteiger partial charge in [0.2, 0.25) is 0 Å². The molecule has 1 fully saturated rings. The Hall–Kier alpha value is -1.69. The van der Waals surface area contributed by atoms with Gasteiger partial charge in [0.1, 0.15) is 5.60 Å². The van der Waals surface area contributed by atoms with E-state index in [9.17, 15) is 15.0 Å². The third-order valence-corrected chi connectivity index (χ3v) is 4.56. The summed E-state index contributed by atoms with van der Waals surface area (Å²) in [6.45, 7) is 5.41. The largest absolute Gasteiger partial charge is 0.393 e. The zero-order chi connectivity index (χ0) is 15.9. The fraction of sp³-hybridized carbons (Fsp3) is 0.471. The van der Waals surface area contributed by atoms with Crippen LogP contribution in [0.2, 0.25) is 0 Å². The number of benzene rings is 1. The summed E-state index contributed by atoms with van der Waals surface area (Å²) in [5.41, 5.74) is 2.77. The van der Waals surface area contributed by atoms with Crippen molar-refractivity contribution >= 4 is 10.9 Å². The molecule has 1 aromatic heterocycles. The Balaban J connectivity index is 1.93. The van der Waals surface area contributed by atoms with Crippen molar-refractivity contribution < 1.29 is 10.2 Å². The van der Waals surface area contributed by atoms with Gasteiger partial charge in [-0.1, -0.05) is 12.1 Å². The van der Waals surface area contributed by atoms with Gasteiger partial charge in [-0.25, -0.2) is 0 Å². The Morgan fingerprint density at radius 1 is 1.32 bits per heavy atom. The summed E-state index contributed by atoms with van der Waals surface area (Å²) in [6, 6.07) is 5.62.